The second-order valence-electron chi connectivity index (χ2n) is 20.3. The van der Waals surface area contributed by atoms with Gasteiger partial charge in [0, 0.05) is 60.8 Å². The van der Waals surface area contributed by atoms with Gasteiger partial charge >= 0.3 is 0 Å². The molecule has 34 nitrogen and oxygen atoms in total. The summed E-state index contributed by atoms with van der Waals surface area (Å²) in [6, 6.07) is -11.2. The Kier molecular flexibility index (Phi) is 28.2. The minimum atomic E-state index is -1.81. The Morgan fingerprint density at radius 2 is 1.25 bits per heavy atom. The first kappa shape index (κ1) is 70.7. The van der Waals surface area contributed by atoms with E-state index in [2.05, 4.69) is 68.1 Å². The van der Waals surface area contributed by atoms with Gasteiger partial charge in [-0.3, -0.25) is 67.3 Å². The van der Waals surface area contributed by atoms with Crippen molar-refractivity contribution in [2.75, 3.05) is 49.3 Å². The number of aromatic hydroxyl groups is 1. The van der Waals surface area contributed by atoms with Crippen LogP contribution in [0, 0.1) is 0 Å². The molecule has 11 atom stereocenters. The molecule has 23 N–H and O–H groups in total. The van der Waals surface area contributed by atoms with E-state index in [9.17, 15) is 72.5 Å². The summed E-state index contributed by atoms with van der Waals surface area (Å²) < 4.78 is 0. The van der Waals surface area contributed by atoms with E-state index in [1.165, 1.54) is 43.7 Å². The number of amides is 13. The maximum absolute atomic E-state index is 14.5. The monoisotopic (exact) mass is 1310 g/mol. The van der Waals surface area contributed by atoms with Crippen LogP contribution in [0.2, 0.25) is 0 Å². The maximum Gasteiger partial charge on any atom is 0.246 e. The number of H-pyrrole nitrogens is 1. The number of carbonyl (C=O) groups excluding carboxylic acids is 13. The molecule has 3 saturated heterocycles. The molecule has 2 bridgehead atoms. The molecule has 38 heteroatoms. The Hall–Kier alpha value is -8.07. The number of phenolic OH excluding ortho intramolecular Hbond substituents is 1. The number of aromatic amines is 1. The van der Waals surface area contributed by atoms with E-state index in [-0.39, 0.29) is 86.3 Å². The number of nitrogens with one attached hydrogen (secondary N) is 11. The lowest BCUT2D eigenvalue weighted by Gasteiger charge is -2.30. The molecular weight excluding hydrogens is 1230 g/mol. The first-order chi connectivity index (χ1) is 41.8. The van der Waals surface area contributed by atoms with Crippen molar-refractivity contribution in [1.29, 1.82) is 0 Å². The van der Waals surface area contributed by atoms with Crippen molar-refractivity contribution in [1.82, 2.24) is 68.0 Å². The van der Waals surface area contributed by atoms with Crippen LogP contribution < -0.4 is 81.8 Å². The number of guanidine groups is 1. The fourth-order valence-electron chi connectivity index (χ4n) is 8.73. The van der Waals surface area contributed by atoms with Crippen LogP contribution in [0.5, 0.6) is 5.75 Å². The molecule has 3 aliphatic rings. The van der Waals surface area contributed by atoms with E-state index >= 15 is 0 Å². The van der Waals surface area contributed by atoms with E-state index in [0.29, 0.717) is 11.3 Å². The van der Waals surface area contributed by atoms with Gasteiger partial charge in [-0.05, 0) is 50.3 Å². The van der Waals surface area contributed by atoms with Gasteiger partial charge in [0.05, 0.1) is 31.9 Å². The highest BCUT2D eigenvalue weighted by molar-refractivity contribution is 8.77. The van der Waals surface area contributed by atoms with Gasteiger partial charge in [-0.2, -0.15) is 0 Å². The zero-order valence-electron chi connectivity index (χ0n) is 47.5. The van der Waals surface area contributed by atoms with Crippen molar-refractivity contribution in [3.63, 3.8) is 0 Å². The number of hydrogen-bond acceptors (Lipinski definition) is 22. The van der Waals surface area contributed by atoms with Gasteiger partial charge in [-0.25, -0.2) is 4.98 Å². The fourth-order valence-corrected chi connectivity index (χ4v) is 13.4. The molecule has 1 aromatic heterocycles. The molecule has 0 aliphatic carbocycles. The number of phenols is 1. The molecule has 0 radical (unpaired) electrons. The molecular formula is C50H73N19O15S4. The Morgan fingerprint density at radius 1 is 0.659 bits per heavy atom. The summed E-state index contributed by atoms with van der Waals surface area (Å²) in [7, 11) is 3.66. The van der Waals surface area contributed by atoms with E-state index < -0.39 is 163 Å². The van der Waals surface area contributed by atoms with E-state index in [4.69, 9.17) is 28.7 Å². The maximum atomic E-state index is 14.5. The molecule has 13 amide bonds. The second-order valence-corrected chi connectivity index (χ2v) is 25.4. The molecule has 3 aliphatic heterocycles. The summed E-state index contributed by atoms with van der Waals surface area (Å²) in [5, 5.41) is 45.4. The van der Waals surface area contributed by atoms with Gasteiger partial charge < -0.3 is 102 Å². The Bertz CT molecular complexity index is 2870. The van der Waals surface area contributed by atoms with Crippen LogP contribution in [0.15, 0.2) is 41.8 Å². The average Bonchev–Trinajstić information content (AvgIpc) is 4.37. The van der Waals surface area contributed by atoms with Crippen LogP contribution in [0.1, 0.15) is 50.3 Å². The van der Waals surface area contributed by atoms with Gasteiger partial charge in [-0.1, -0.05) is 55.3 Å². The van der Waals surface area contributed by atoms with Gasteiger partial charge in [0.2, 0.25) is 76.8 Å². The molecule has 0 unspecified atom stereocenters. The number of imidazole rings is 1. The third kappa shape index (κ3) is 22.6. The number of carbonyl (C=O) groups is 13. The molecule has 88 heavy (non-hydrogen) atoms. The van der Waals surface area contributed by atoms with Gasteiger partial charge in [0.1, 0.15) is 66.2 Å². The van der Waals surface area contributed by atoms with E-state index in [1.807, 2.05) is 0 Å². The largest absolute Gasteiger partial charge is 0.508 e. The summed E-state index contributed by atoms with van der Waals surface area (Å²) in [4.78, 5) is 192. The third-order valence-electron chi connectivity index (χ3n) is 13.4. The van der Waals surface area contributed by atoms with Crippen LogP contribution in [0.3, 0.4) is 0 Å². The first-order valence-electron chi connectivity index (χ1n) is 27.4. The highest BCUT2D eigenvalue weighted by atomic mass is 33.1. The van der Waals surface area contributed by atoms with E-state index in [1.54, 1.807) is 0 Å². The third-order valence-corrected chi connectivity index (χ3v) is 18.3. The fraction of sp³-hybridized carbons (Fsp3) is 0.540. The van der Waals surface area contributed by atoms with Crippen molar-refractivity contribution in [2.45, 2.75) is 118 Å². The highest BCUT2D eigenvalue weighted by Crippen LogP contribution is 2.26. The van der Waals surface area contributed by atoms with Crippen molar-refractivity contribution in [3.8, 4) is 5.75 Å². The number of fused-ring (bicyclic) bond motifs is 9. The number of rotatable bonds is 12. The lowest BCUT2D eigenvalue weighted by atomic mass is 10.0. The second kappa shape index (κ2) is 35.1. The van der Waals surface area contributed by atoms with Crippen LogP contribution in [-0.4, -0.2) is 224 Å². The Morgan fingerprint density at radius 3 is 1.88 bits per heavy atom. The number of nitrogens with zero attached hydrogens (tertiary/aromatic N) is 3. The van der Waals surface area contributed by atoms with Crippen LogP contribution in [0.25, 0.3) is 0 Å². The molecule has 1 aromatic carbocycles. The summed E-state index contributed by atoms with van der Waals surface area (Å²) in [6.07, 6.45) is 1.52. The normalized spacial score (nSPS) is 27.0. The Labute approximate surface area is 519 Å². The first-order valence-corrected chi connectivity index (χ1v) is 32.3. The number of aliphatic hydroxyl groups is 1. The average molecular weight is 1310 g/mol. The zero-order valence-corrected chi connectivity index (χ0v) is 50.8. The minimum Gasteiger partial charge on any atom is -0.508 e. The standard InChI is InChI=1S/C50H73N19O15S4/c1-23-40(75)67-34-20-87-85-18-27(51)41(76)68-35(47(82)64-31(14-37(52)72)49(84)69-11-3-5-36(69)48(83)60-23)21-88-86-19-33(39(53)74)66-46(81)32(17-70)65-44(79)29(12-24-6-8-26(71)9-7-24)62-45(80)30(13-25-15-56-22-59-25)63-43(78)28(4-2-10-57-50(54)55)61-38(73)16-58-42(34)77/h6-9,15,22-23,27-36,70-71H,2-5,10-14,16-21,51H2,1H3,(H2,52,72)(H2,53,74)(H,56,59)(H,58,77)(H,60,83)(H,61,73)(H,62,80)(H,63,78)(H,64,82)(H,65,79)(H,66,81)(H,67,75)(H,68,76)(H4,54,55,57)/t23-,27-,28-,29-,30-,31-,32-,33-,34-,35-,36-/m0/s1. The number of nitrogens with two attached hydrogens (primary N) is 5. The van der Waals surface area contributed by atoms with Crippen molar-refractivity contribution in [3.05, 3.63) is 48.0 Å². The number of aromatic nitrogens is 2. The number of primary amides is 2. The molecule has 0 spiro atoms. The molecule has 482 valence electrons. The summed E-state index contributed by atoms with van der Waals surface area (Å²) >= 11 is 0. The van der Waals surface area contributed by atoms with Crippen LogP contribution in [-0.2, 0) is 75.2 Å². The van der Waals surface area contributed by atoms with Crippen molar-refractivity contribution >= 4 is 126 Å². The number of benzene rings is 1. The lowest BCUT2D eigenvalue weighted by Crippen LogP contribution is -2.60. The summed E-state index contributed by atoms with van der Waals surface area (Å²) in [5.74, 6) is -14.2. The number of hydrogen-bond donors (Lipinski definition) is 18. The van der Waals surface area contributed by atoms with Crippen molar-refractivity contribution in [2.24, 2.45) is 33.7 Å². The van der Waals surface area contributed by atoms with Crippen LogP contribution in [0.4, 0.5) is 0 Å². The quantitative estimate of drug-likeness (QED) is 0.0406. The van der Waals surface area contributed by atoms with Gasteiger partial charge in [0.15, 0.2) is 5.96 Å². The van der Waals surface area contributed by atoms with Crippen molar-refractivity contribution < 1.29 is 72.5 Å². The number of aliphatic hydroxyl groups excluding tert-OH is 1. The summed E-state index contributed by atoms with van der Waals surface area (Å²) in [5.41, 5.74) is 29.2. The van der Waals surface area contributed by atoms with Crippen LogP contribution >= 0.6 is 43.2 Å². The SMILES string of the molecule is C[C@@H]1NC(=O)[C@@H]2CCCN2C(=O)[C@H](CC(N)=O)NC(=O)[C@@H]2CSSC[C@@H](C(N)=O)NC(=O)[C@H](CO)NC(=O)[C@H](Cc3ccc(O)cc3)NC(=O)[C@H](Cc3cnc[nH]3)NC(=O)[C@H](CCCN=C(N)N)NC(=O)CNC(=O)[C@H](CSSC[C@H](N)C(=O)N2)NC1=O. The lowest BCUT2D eigenvalue weighted by molar-refractivity contribution is -0.143. The highest BCUT2D eigenvalue weighted by Gasteiger charge is 2.41. The number of aliphatic imine (C=N–C) groups is 1. The summed E-state index contributed by atoms with van der Waals surface area (Å²) in [6.45, 7) is -0.645. The smallest absolute Gasteiger partial charge is 0.246 e. The topological polar surface area (TPSA) is 557 Å². The molecule has 4 heterocycles. The van der Waals surface area contributed by atoms with E-state index in [0.717, 1.165) is 48.1 Å². The molecule has 3 fully saturated rings. The van der Waals surface area contributed by atoms with Gasteiger partial charge in [-0.15, -0.1) is 0 Å². The van der Waals surface area contributed by atoms with Gasteiger partial charge in [0.25, 0.3) is 0 Å². The minimum absolute atomic E-state index is 0.0312. The zero-order chi connectivity index (χ0) is 64.6. The molecule has 2 aromatic rings. The Balaban J connectivity index is 1.56. The molecule has 0 saturated carbocycles. The predicted octanol–water partition coefficient (Wildman–Crippen LogP) is -8.09. The predicted molar refractivity (Wildman–Crippen MR) is 323 cm³/mol. The molecule has 5 rings (SSSR count).